The maximum atomic E-state index is 12.8. The van der Waals surface area contributed by atoms with Crippen LogP contribution in [-0.2, 0) is 13.1 Å². The van der Waals surface area contributed by atoms with Gasteiger partial charge < -0.3 is 10.2 Å². The lowest BCUT2D eigenvalue weighted by Crippen LogP contribution is -2.31. The van der Waals surface area contributed by atoms with E-state index in [1.54, 1.807) is 16.7 Å². The summed E-state index contributed by atoms with van der Waals surface area (Å²) in [4.78, 5) is 33.9. The molecule has 0 unspecified atom stereocenters. The fraction of sp³-hybridized carbons (Fsp3) is 0.227. The quantitative estimate of drug-likeness (QED) is 0.677. The first-order valence-electron chi connectivity index (χ1n) is 9.52. The fourth-order valence-electron chi connectivity index (χ4n) is 3.28. The van der Waals surface area contributed by atoms with Gasteiger partial charge in [0, 0.05) is 26.2 Å². The molecule has 1 aliphatic heterocycles. The van der Waals surface area contributed by atoms with Crippen molar-refractivity contribution in [3.05, 3.63) is 82.4 Å². The molecular weight excluding hydrogens is 384 g/mol. The van der Waals surface area contributed by atoms with Crippen molar-refractivity contribution in [2.75, 3.05) is 18.0 Å². The highest BCUT2D eigenvalue weighted by molar-refractivity contribution is 7.17. The summed E-state index contributed by atoms with van der Waals surface area (Å²) in [5.41, 5.74) is 2.78. The number of nitrogens with zero attached hydrogens (tertiary/aromatic N) is 3. The van der Waals surface area contributed by atoms with E-state index >= 15 is 0 Å². The second-order valence-corrected chi connectivity index (χ2v) is 7.90. The van der Waals surface area contributed by atoms with Crippen LogP contribution < -0.4 is 10.2 Å². The van der Waals surface area contributed by atoms with Crippen molar-refractivity contribution < 1.29 is 9.59 Å². The van der Waals surface area contributed by atoms with Gasteiger partial charge in [0.05, 0.1) is 5.69 Å². The van der Waals surface area contributed by atoms with Crippen LogP contribution in [0.1, 0.15) is 26.5 Å². The Labute approximate surface area is 173 Å². The lowest BCUT2D eigenvalue weighted by molar-refractivity contribution is 0.0954. The summed E-state index contributed by atoms with van der Waals surface area (Å²) in [6.45, 7) is 4.05. The smallest absolute Gasteiger partial charge is 0.326 e. The molecule has 0 aliphatic carbocycles. The summed E-state index contributed by atoms with van der Waals surface area (Å²) in [6.07, 6.45) is 0. The Kier molecular flexibility index (Phi) is 5.57. The zero-order valence-electron chi connectivity index (χ0n) is 16.2. The number of hydrogen-bond acceptors (Lipinski definition) is 4. The maximum absolute atomic E-state index is 12.8. The van der Waals surface area contributed by atoms with E-state index in [0.717, 1.165) is 11.1 Å². The normalized spacial score (nSPS) is 13.8. The average molecular weight is 407 g/mol. The number of benzene rings is 2. The summed E-state index contributed by atoms with van der Waals surface area (Å²) in [5, 5.41) is 3.51. The van der Waals surface area contributed by atoms with Crippen molar-refractivity contribution >= 4 is 28.4 Å². The molecule has 3 aromatic rings. The lowest BCUT2D eigenvalue weighted by Gasteiger charge is -2.16. The van der Waals surface area contributed by atoms with E-state index in [0.29, 0.717) is 41.9 Å². The number of anilines is 1. The Morgan fingerprint density at radius 1 is 1.03 bits per heavy atom. The maximum Gasteiger partial charge on any atom is 0.326 e. The van der Waals surface area contributed by atoms with Crippen LogP contribution >= 0.6 is 11.3 Å². The molecule has 2 aromatic carbocycles. The van der Waals surface area contributed by atoms with Crippen LogP contribution in [0.2, 0.25) is 0 Å². The first kappa shape index (κ1) is 19.1. The fourth-order valence-corrected chi connectivity index (χ4v) is 4.28. The monoisotopic (exact) mass is 406 g/mol. The Morgan fingerprint density at radius 2 is 1.69 bits per heavy atom. The molecule has 0 bridgehead atoms. The molecule has 148 valence electrons. The molecule has 0 spiro atoms. The number of rotatable bonds is 6. The molecule has 3 amide bonds. The molecule has 1 fully saturated rings. The molecule has 2 heterocycles. The van der Waals surface area contributed by atoms with E-state index in [4.69, 9.17) is 0 Å². The number of thiazole rings is 1. The lowest BCUT2D eigenvalue weighted by atomic mass is 10.2. The van der Waals surface area contributed by atoms with Crippen molar-refractivity contribution in [1.82, 2.24) is 15.2 Å². The summed E-state index contributed by atoms with van der Waals surface area (Å²) in [5.74, 6) is -0.164. The number of hydrogen-bond donors (Lipinski definition) is 1. The molecule has 1 aromatic heterocycles. The van der Waals surface area contributed by atoms with Crippen LogP contribution in [0, 0.1) is 6.92 Å². The highest BCUT2D eigenvalue weighted by Gasteiger charge is 2.32. The van der Waals surface area contributed by atoms with Crippen LogP contribution in [0.5, 0.6) is 0 Å². The molecule has 0 saturated carbocycles. The second-order valence-electron chi connectivity index (χ2n) is 6.92. The standard InChI is InChI=1S/C22H22N4O2S/c1-16-19(20(27)23-14-17-8-4-2-5-9-17)29-21(24-16)26-13-12-25(22(26)28)15-18-10-6-3-7-11-18/h2-11H,12-15H2,1H3,(H,23,27). The topological polar surface area (TPSA) is 65.5 Å². The number of carbonyl (C=O) groups is 2. The van der Waals surface area contributed by atoms with Gasteiger partial charge in [0.15, 0.2) is 5.13 Å². The summed E-state index contributed by atoms with van der Waals surface area (Å²) in [6, 6.07) is 19.6. The van der Waals surface area contributed by atoms with E-state index in [9.17, 15) is 9.59 Å². The zero-order chi connectivity index (χ0) is 20.2. The minimum atomic E-state index is -0.164. The predicted octanol–water partition coefficient (Wildman–Crippen LogP) is 3.82. The van der Waals surface area contributed by atoms with Gasteiger partial charge in [0.2, 0.25) is 0 Å². The van der Waals surface area contributed by atoms with Crippen molar-refractivity contribution in [3.8, 4) is 0 Å². The number of carbonyl (C=O) groups excluding carboxylic acids is 2. The van der Waals surface area contributed by atoms with Gasteiger partial charge in [0.25, 0.3) is 5.91 Å². The number of aromatic nitrogens is 1. The summed E-state index contributed by atoms with van der Waals surface area (Å²) < 4.78 is 0. The minimum Gasteiger partial charge on any atom is -0.347 e. The summed E-state index contributed by atoms with van der Waals surface area (Å²) >= 11 is 1.27. The van der Waals surface area contributed by atoms with Crippen LogP contribution in [0.3, 0.4) is 0 Å². The van der Waals surface area contributed by atoms with E-state index in [2.05, 4.69) is 10.3 Å². The Morgan fingerprint density at radius 3 is 2.38 bits per heavy atom. The van der Waals surface area contributed by atoms with Crippen molar-refractivity contribution in [2.24, 2.45) is 0 Å². The molecule has 0 atom stereocenters. The van der Waals surface area contributed by atoms with Gasteiger partial charge in [-0.25, -0.2) is 9.78 Å². The van der Waals surface area contributed by atoms with Gasteiger partial charge in [-0.15, -0.1) is 0 Å². The van der Waals surface area contributed by atoms with Crippen molar-refractivity contribution in [2.45, 2.75) is 20.0 Å². The van der Waals surface area contributed by atoms with E-state index in [1.807, 2.05) is 60.7 Å². The number of aryl methyl sites for hydroxylation is 1. The Balaban J connectivity index is 1.42. The molecular formula is C22H22N4O2S. The largest absolute Gasteiger partial charge is 0.347 e. The molecule has 1 aliphatic rings. The SMILES string of the molecule is Cc1nc(N2CCN(Cc3ccccc3)C2=O)sc1C(=O)NCc1ccccc1. The third-order valence-corrected chi connectivity index (χ3v) is 6.01. The van der Waals surface area contributed by atoms with Gasteiger partial charge in [-0.3, -0.25) is 9.69 Å². The van der Waals surface area contributed by atoms with Crippen LogP contribution in [0.25, 0.3) is 0 Å². The molecule has 0 radical (unpaired) electrons. The number of amides is 3. The van der Waals surface area contributed by atoms with E-state index in [-0.39, 0.29) is 11.9 Å². The van der Waals surface area contributed by atoms with Gasteiger partial charge in [-0.1, -0.05) is 72.0 Å². The number of nitrogens with one attached hydrogen (secondary N) is 1. The van der Waals surface area contributed by atoms with Gasteiger partial charge in [-0.2, -0.15) is 0 Å². The third-order valence-electron chi connectivity index (χ3n) is 4.83. The Hall–Kier alpha value is -3.19. The number of urea groups is 1. The Bertz CT molecular complexity index is 1000. The van der Waals surface area contributed by atoms with Crippen LogP contribution in [0.4, 0.5) is 9.93 Å². The average Bonchev–Trinajstić information content (AvgIpc) is 3.30. The minimum absolute atomic E-state index is 0.0705. The molecule has 29 heavy (non-hydrogen) atoms. The highest BCUT2D eigenvalue weighted by atomic mass is 32.1. The van der Waals surface area contributed by atoms with E-state index in [1.165, 1.54) is 11.3 Å². The van der Waals surface area contributed by atoms with Crippen LogP contribution in [0.15, 0.2) is 60.7 Å². The molecule has 7 heteroatoms. The third kappa shape index (κ3) is 4.30. The zero-order valence-corrected chi connectivity index (χ0v) is 17.0. The van der Waals surface area contributed by atoms with Gasteiger partial charge in [0.1, 0.15) is 4.88 Å². The first-order chi connectivity index (χ1) is 14.1. The highest BCUT2D eigenvalue weighted by Crippen LogP contribution is 2.29. The molecule has 4 rings (SSSR count). The second kappa shape index (κ2) is 8.45. The predicted molar refractivity (Wildman–Crippen MR) is 114 cm³/mol. The van der Waals surface area contributed by atoms with Crippen molar-refractivity contribution in [1.29, 1.82) is 0 Å². The summed E-state index contributed by atoms with van der Waals surface area (Å²) in [7, 11) is 0. The molecule has 6 nitrogen and oxygen atoms in total. The van der Waals surface area contributed by atoms with E-state index < -0.39 is 0 Å². The molecule has 1 saturated heterocycles. The van der Waals surface area contributed by atoms with Crippen molar-refractivity contribution in [3.63, 3.8) is 0 Å². The van der Waals surface area contributed by atoms with Crippen LogP contribution in [-0.4, -0.2) is 34.9 Å². The van der Waals surface area contributed by atoms with Gasteiger partial charge in [-0.05, 0) is 18.1 Å². The first-order valence-corrected chi connectivity index (χ1v) is 10.3. The molecule has 1 N–H and O–H groups in total. The van der Waals surface area contributed by atoms with Gasteiger partial charge >= 0.3 is 6.03 Å².